The number of ether oxygens (including phenoxy) is 1. The first-order valence-electron chi connectivity index (χ1n) is 6.73. The van der Waals surface area contributed by atoms with Crippen LogP contribution in [0.4, 0.5) is 0 Å². The smallest absolute Gasteiger partial charge is 0.306 e. The van der Waals surface area contributed by atoms with Crippen LogP contribution >= 0.6 is 0 Å². The number of nitrogens with zero attached hydrogens (tertiary/aromatic N) is 2. The van der Waals surface area contributed by atoms with E-state index in [0.717, 1.165) is 11.4 Å². The summed E-state index contributed by atoms with van der Waals surface area (Å²) in [6.07, 6.45) is 1.10. The zero-order valence-corrected chi connectivity index (χ0v) is 11.6. The van der Waals surface area contributed by atoms with Crippen molar-refractivity contribution >= 4 is 5.97 Å². The third kappa shape index (κ3) is 2.43. The van der Waals surface area contributed by atoms with Gasteiger partial charge in [-0.25, -0.2) is 4.98 Å². The molecule has 104 valence electrons. The van der Waals surface area contributed by atoms with Crippen LogP contribution in [-0.2, 0) is 16.0 Å². The van der Waals surface area contributed by atoms with E-state index >= 15 is 0 Å². The summed E-state index contributed by atoms with van der Waals surface area (Å²) in [5.41, 5.74) is 0.546. The van der Waals surface area contributed by atoms with Crippen LogP contribution in [0.1, 0.15) is 26.1 Å². The Labute approximate surface area is 117 Å². The fraction of sp³-hybridized carbons (Fsp3) is 0.400. The average Bonchev–Trinajstić information content (AvgIpc) is 2.96. The number of carbonyl (C=O) groups excluding carboxylic acids is 1. The molecule has 1 aromatic heterocycles. The Morgan fingerprint density at radius 3 is 2.75 bits per heavy atom. The van der Waals surface area contributed by atoms with Gasteiger partial charge in [-0.1, -0.05) is 30.3 Å². The van der Waals surface area contributed by atoms with Crippen LogP contribution in [0.3, 0.4) is 0 Å². The molecule has 0 bridgehead atoms. The van der Waals surface area contributed by atoms with Crippen LogP contribution in [0.25, 0.3) is 11.4 Å². The van der Waals surface area contributed by atoms with Gasteiger partial charge in [0.1, 0.15) is 11.4 Å². The van der Waals surface area contributed by atoms with Crippen LogP contribution in [-0.4, -0.2) is 26.8 Å². The van der Waals surface area contributed by atoms with Gasteiger partial charge in [0.05, 0.1) is 6.42 Å². The van der Waals surface area contributed by atoms with Crippen molar-refractivity contribution in [2.24, 2.45) is 5.92 Å². The summed E-state index contributed by atoms with van der Waals surface area (Å²) in [6, 6.07) is 9.81. The van der Waals surface area contributed by atoms with Gasteiger partial charge < -0.3 is 4.74 Å². The van der Waals surface area contributed by atoms with Gasteiger partial charge in [0.2, 0.25) is 0 Å². The first-order chi connectivity index (χ1) is 9.54. The number of benzene rings is 1. The summed E-state index contributed by atoms with van der Waals surface area (Å²) >= 11 is 0. The summed E-state index contributed by atoms with van der Waals surface area (Å²) < 4.78 is 5.32. The van der Waals surface area contributed by atoms with E-state index in [9.17, 15) is 4.79 Å². The third-order valence-electron chi connectivity index (χ3n) is 3.78. The summed E-state index contributed by atoms with van der Waals surface area (Å²) in [7, 11) is 0. The van der Waals surface area contributed by atoms with E-state index in [1.54, 1.807) is 0 Å². The molecule has 0 spiro atoms. The van der Waals surface area contributed by atoms with Gasteiger partial charge in [-0.05, 0) is 13.8 Å². The van der Waals surface area contributed by atoms with Crippen molar-refractivity contribution in [3.63, 3.8) is 0 Å². The van der Waals surface area contributed by atoms with Gasteiger partial charge in [0, 0.05) is 17.9 Å². The lowest BCUT2D eigenvalue weighted by Gasteiger charge is -2.23. The Kier molecular flexibility index (Phi) is 3.04. The second-order valence-electron chi connectivity index (χ2n) is 5.65. The summed E-state index contributed by atoms with van der Waals surface area (Å²) in [6.45, 7) is 3.88. The number of cyclic esters (lactones) is 1. The molecule has 20 heavy (non-hydrogen) atoms. The highest BCUT2D eigenvalue weighted by atomic mass is 16.6. The molecule has 0 saturated carbocycles. The minimum atomic E-state index is -0.434. The van der Waals surface area contributed by atoms with Gasteiger partial charge in [0.25, 0.3) is 0 Å². The van der Waals surface area contributed by atoms with Crippen molar-refractivity contribution in [1.82, 2.24) is 15.2 Å². The molecule has 1 saturated heterocycles. The first kappa shape index (κ1) is 12.8. The van der Waals surface area contributed by atoms with Gasteiger partial charge >= 0.3 is 5.97 Å². The maximum atomic E-state index is 11.4. The standard InChI is InChI=1S/C15H17N3O2/c1-15(2)11(9-13(19)20-15)8-12-16-14(18-17-12)10-6-4-3-5-7-10/h3-7,11H,8-9H2,1-2H3,(H,16,17,18). The third-order valence-corrected chi connectivity index (χ3v) is 3.78. The molecule has 1 N–H and O–H groups in total. The van der Waals surface area contributed by atoms with Gasteiger partial charge in [0.15, 0.2) is 5.82 Å². The minimum absolute atomic E-state index is 0.131. The van der Waals surface area contributed by atoms with Crippen molar-refractivity contribution in [3.05, 3.63) is 36.2 Å². The molecule has 1 atom stereocenters. The monoisotopic (exact) mass is 271 g/mol. The highest BCUT2D eigenvalue weighted by Crippen LogP contribution is 2.34. The quantitative estimate of drug-likeness (QED) is 0.870. The molecule has 1 aromatic carbocycles. The average molecular weight is 271 g/mol. The Balaban J connectivity index is 1.77. The first-order valence-corrected chi connectivity index (χ1v) is 6.73. The minimum Gasteiger partial charge on any atom is -0.459 e. The molecule has 2 aromatic rings. The van der Waals surface area contributed by atoms with Crippen LogP contribution in [0, 0.1) is 5.92 Å². The normalized spacial score (nSPS) is 20.9. The van der Waals surface area contributed by atoms with E-state index in [4.69, 9.17) is 4.74 Å². The van der Waals surface area contributed by atoms with Crippen LogP contribution in [0.15, 0.2) is 30.3 Å². The molecule has 5 nitrogen and oxygen atoms in total. The van der Waals surface area contributed by atoms with Crippen LogP contribution in [0.5, 0.6) is 0 Å². The van der Waals surface area contributed by atoms with Gasteiger partial charge in [-0.15, -0.1) is 0 Å². The molecular formula is C15H17N3O2. The van der Waals surface area contributed by atoms with E-state index < -0.39 is 5.60 Å². The Bertz CT molecular complexity index is 619. The largest absolute Gasteiger partial charge is 0.459 e. The van der Waals surface area contributed by atoms with Crippen molar-refractivity contribution in [2.45, 2.75) is 32.3 Å². The molecule has 1 unspecified atom stereocenters. The fourth-order valence-corrected chi connectivity index (χ4v) is 2.52. The number of hydrogen-bond acceptors (Lipinski definition) is 4. The second kappa shape index (κ2) is 4.74. The molecule has 1 aliphatic rings. The Morgan fingerprint density at radius 2 is 2.10 bits per heavy atom. The van der Waals surface area contributed by atoms with E-state index in [2.05, 4.69) is 15.2 Å². The van der Waals surface area contributed by atoms with Gasteiger partial charge in [-0.2, -0.15) is 5.10 Å². The summed E-state index contributed by atoms with van der Waals surface area (Å²) in [4.78, 5) is 15.9. The maximum absolute atomic E-state index is 11.4. The number of carbonyl (C=O) groups is 1. The van der Waals surface area contributed by atoms with Crippen LogP contribution < -0.4 is 0 Å². The van der Waals surface area contributed by atoms with Crippen molar-refractivity contribution in [3.8, 4) is 11.4 Å². The number of H-pyrrole nitrogens is 1. The molecule has 1 fully saturated rings. The fourth-order valence-electron chi connectivity index (χ4n) is 2.52. The second-order valence-corrected chi connectivity index (χ2v) is 5.65. The Morgan fingerprint density at radius 1 is 1.35 bits per heavy atom. The zero-order chi connectivity index (χ0) is 14.2. The molecule has 0 amide bonds. The topological polar surface area (TPSA) is 67.9 Å². The molecule has 0 radical (unpaired) electrons. The predicted molar refractivity (Wildman–Crippen MR) is 73.8 cm³/mol. The van der Waals surface area contributed by atoms with Gasteiger partial charge in [-0.3, -0.25) is 9.89 Å². The lowest BCUT2D eigenvalue weighted by atomic mass is 9.88. The summed E-state index contributed by atoms with van der Waals surface area (Å²) in [5.74, 6) is 1.47. The highest BCUT2D eigenvalue weighted by molar-refractivity contribution is 5.72. The predicted octanol–water partition coefficient (Wildman–Crippen LogP) is 2.36. The molecule has 2 heterocycles. The molecule has 0 aliphatic carbocycles. The lowest BCUT2D eigenvalue weighted by Crippen LogP contribution is -2.29. The number of nitrogens with one attached hydrogen (secondary N) is 1. The number of esters is 1. The number of rotatable bonds is 3. The lowest BCUT2D eigenvalue weighted by molar-refractivity contribution is -0.146. The van der Waals surface area contributed by atoms with Crippen molar-refractivity contribution in [1.29, 1.82) is 0 Å². The van der Waals surface area contributed by atoms with Crippen molar-refractivity contribution in [2.75, 3.05) is 0 Å². The van der Waals surface area contributed by atoms with E-state index in [0.29, 0.717) is 18.7 Å². The van der Waals surface area contributed by atoms with E-state index in [1.165, 1.54) is 0 Å². The van der Waals surface area contributed by atoms with Crippen molar-refractivity contribution < 1.29 is 9.53 Å². The van der Waals surface area contributed by atoms with E-state index in [1.807, 2.05) is 44.2 Å². The maximum Gasteiger partial charge on any atom is 0.306 e. The number of hydrogen-bond donors (Lipinski definition) is 1. The molecule has 5 heteroatoms. The summed E-state index contributed by atoms with van der Waals surface area (Å²) in [5, 5.41) is 7.19. The van der Waals surface area contributed by atoms with Crippen LogP contribution in [0.2, 0.25) is 0 Å². The SMILES string of the molecule is CC1(C)OC(=O)CC1Cc1nc(-c2ccccc2)n[nH]1. The molecule has 1 aliphatic heterocycles. The molecule has 3 rings (SSSR count). The number of aromatic nitrogens is 3. The Hall–Kier alpha value is -2.17. The zero-order valence-electron chi connectivity index (χ0n) is 11.6. The van der Waals surface area contributed by atoms with E-state index in [-0.39, 0.29) is 11.9 Å². The highest BCUT2D eigenvalue weighted by Gasteiger charge is 2.41. The number of aromatic amines is 1. The molecular weight excluding hydrogens is 254 g/mol.